The first kappa shape index (κ1) is 12.9. The molecule has 18 heavy (non-hydrogen) atoms. The Kier molecular flexibility index (Phi) is 3.33. The maximum Gasteiger partial charge on any atom is 0.330 e. The number of alkyl halides is 1. The molecule has 0 saturated carbocycles. The summed E-state index contributed by atoms with van der Waals surface area (Å²) in [6, 6.07) is 0. The van der Waals surface area contributed by atoms with Gasteiger partial charge in [0.25, 0.3) is 5.56 Å². The van der Waals surface area contributed by atoms with E-state index >= 15 is 0 Å². The average Bonchev–Trinajstić information content (AvgIpc) is 2.61. The minimum Gasteiger partial charge on any atom is -0.394 e. The van der Waals surface area contributed by atoms with Crippen molar-refractivity contribution < 1.29 is 19.3 Å². The number of nitrogens with one attached hydrogen (secondary N) is 1. The highest BCUT2D eigenvalue weighted by molar-refractivity contribution is 5.03. The Hall–Kier alpha value is -1.51. The van der Waals surface area contributed by atoms with Gasteiger partial charge in [-0.05, 0) is 6.92 Å². The number of aromatic nitrogens is 2. The van der Waals surface area contributed by atoms with Crippen molar-refractivity contribution >= 4 is 0 Å². The number of ether oxygens (including phenoxy) is 1. The zero-order valence-electron chi connectivity index (χ0n) is 9.54. The fraction of sp³-hybridized carbons (Fsp3) is 0.600. The van der Waals surface area contributed by atoms with Crippen molar-refractivity contribution in [1.82, 2.24) is 9.55 Å². The number of nitrogens with zero attached hydrogens (tertiary/aromatic N) is 1. The van der Waals surface area contributed by atoms with Gasteiger partial charge in [0.15, 0.2) is 12.4 Å². The molecule has 1 aromatic heterocycles. The molecule has 0 amide bonds. The van der Waals surface area contributed by atoms with Gasteiger partial charge in [-0.25, -0.2) is 9.18 Å². The average molecular weight is 260 g/mol. The smallest absolute Gasteiger partial charge is 0.330 e. The molecule has 3 N–H and O–H groups in total. The Bertz CT molecular complexity index is 554. The molecule has 7 nitrogen and oxygen atoms in total. The van der Waals surface area contributed by atoms with Crippen LogP contribution in [0.1, 0.15) is 11.8 Å². The Balaban J connectivity index is 2.42. The molecule has 0 spiro atoms. The van der Waals surface area contributed by atoms with E-state index in [1.54, 1.807) is 0 Å². The predicted octanol–water partition coefficient (Wildman–Crippen LogP) is -1.57. The van der Waals surface area contributed by atoms with E-state index in [0.717, 1.165) is 4.57 Å². The number of H-pyrrole nitrogens is 1. The van der Waals surface area contributed by atoms with Gasteiger partial charge in [-0.3, -0.25) is 14.3 Å². The quantitative estimate of drug-likeness (QED) is 0.596. The summed E-state index contributed by atoms with van der Waals surface area (Å²) in [5, 5.41) is 18.5. The molecule has 0 bridgehead atoms. The maximum atomic E-state index is 13.5. The van der Waals surface area contributed by atoms with Crippen molar-refractivity contribution in [1.29, 1.82) is 0 Å². The lowest BCUT2D eigenvalue weighted by Gasteiger charge is -2.17. The largest absolute Gasteiger partial charge is 0.394 e. The number of aliphatic hydroxyl groups is 2. The maximum absolute atomic E-state index is 13.5. The first-order chi connectivity index (χ1) is 8.45. The third-order valence-corrected chi connectivity index (χ3v) is 2.89. The molecular weight excluding hydrogens is 247 g/mol. The van der Waals surface area contributed by atoms with Gasteiger partial charge in [-0.15, -0.1) is 0 Å². The number of aliphatic hydroxyl groups excluding tert-OH is 2. The van der Waals surface area contributed by atoms with E-state index in [2.05, 4.69) is 0 Å². The van der Waals surface area contributed by atoms with Crippen LogP contribution in [0.3, 0.4) is 0 Å². The Morgan fingerprint density at radius 2 is 2.22 bits per heavy atom. The summed E-state index contributed by atoms with van der Waals surface area (Å²) in [7, 11) is 0. The molecule has 2 heterocycles. The summed E-state index contributed by atoms with van der Waals surface area (Å²) < 4.78 is 19.5. The van der Waals surface area contributed by atoms with Crippen LogP contribution in [-0.4, -0.2) is 44.8 Å². The second-order valence-electron chi connectivity index (χ2n) is 4.16. The first-order valence-corrected chi connectivity index (χ1v) is 5.36. The minimum atomic E-state index is -1.79. The fourth-order valence-electron chi connectivity index (χ4n) is 1.86. The normalized spacial score (nSPS) is 31.8. The molecule has 1 aliphatic rings. The Morgan fingerprint density at radius 1 is 1.56 bits per heavy atom. The lowest BCUT2D eigenvalue weighted by atomic mass is 10.1. The van der Waals surface area contributed by atoms with Gasteiger partial charge >= 0.3 is 5.69 Å². The Morgan fingerprint density at radius 3 is 2.78 bits per heavy atom. The molecule has 0 aromatic carbocycles. The number of aromatic amines is 1. The summed E-state index contributed by atoms with van der Waals surface area (Å²) in [5.74, 6) is 0. The van der Waals surface area contributed by atoms with Gasteiger partial charge in [-0.2, -0.15) is 0 Å². The molecule has 8 heteroatoms. The van der Waals surface area contributed by atoms with Gasteiger partial charge in [0.1, 0.15) is 12.2 Å². The highest BCUT2D eigenvalue weighted by Crippen LogP contribution is 2.30. The van der Waals surface area contributed by atoms with Gasteiger partial charge in [0.2, 0.25) is 0 Å². The lowest BCUT2D eigenvalue weighted by Crippen LogP contribution is -2.37. The lowest BCUT2D eigenvalue weighted by molar-refractivity contribution is -0.0538. The molecule has 0 unspecified atom stereocenters. The van der Waals surface area contributed by atoms with E-state index in [1.807, 2.05) is 4.98 Å². The topological polar surface area (TPSA) is 105 Å². The van der Waals surface area contributed by atoms with E-state index in [0.29, 0.717) is 0 Å². The van der Waals surface area contributed by atoms with Crippen LogP contribution >= 0.6 is 0 Å². The Labute approximate surface area is 100 Å². The van der Waals surface area contributed by atoms with E-state index in [9.17, 15) is 19.1 Å². The number of hydrogen-bond acceptors (Lipinski definition) is 5. The second-order valence-corrected chi connectivity index (χ2v) is 4.16. The van der Waals surface area contributed by atoms with Crippen LogP contribution in [-0.2, 0) is 4.74 Å². The summed E-state index contributed by atoms with van der Waals surface area (Å²) in [6.45, 7) is 0.859. The van der Waals surface area contributed by atoms with Gasteiger partial charge in [-0.1, -0.05) is 0 Å². The standard InChI is InChI=1S/C10H13FN2O5/c1-4-2-13(10(17)12-8(4)16)9-7(15)6(11)5(3-14)18-9/h2,5-7,9,14-15H,3H2,1H3,(H,12,16,17)/t5-,6+,7+,9+/m0/s1. The van der Waals surface area contributed by atoms with Crippen LogP contribution in [0.2, 0.25) is 0 Å². The molecule has 0 aliphatic carbocycles. The van der Waals surface area contributed by atoms with Crippen molar-refractivity contribution in [2.45, 2.75) is 31.5 Å². The molecule has 1 fully saturated rings. The number of halogens is 1. The van der Waals surface area contributed by atoms with Gasteiger partial charge in [0.05, 0.1) is 6.61 Å². The number of aryl methyl sites for hydroxylation is 1. The van der Waals surface area contributed by atoms with Crippen molar-refractivity contribution in [2.75, 3.05) is 6.61 Å². The molecule has 1 saturated heterocycles. The summed E-state index contributed by atoms with van der Waals surface area (Å²) in [5.41, 5.74) is -1.13. The molecule has 4 atom stereocenters. The van der Waals surface area contributed by atoms with Crippen LogP contribution in [0.4, 0.5) is 4.39 Å². The minimum absolute atomic E-state index is 0.230. The molecule has 1 aromatic rings. The monoisotopic (exact) mass is 260 g/mol. The van der Waals surface area contributed by atoms with Crippen molar-refractivity contribution in [3.8, 4) is 0 Å². The van der Waals surface area contributed by atoms with Crippen LogP contribution in [0.15, 0.2) is 15.8 Å². The molecule has 2 rings (SSSR count). The third-order valence-electron chi connectivity index (χ3n) is 2.89. The summed E-state index contributed by atoms with van der Waals surface area (Å²) >= 11 is 0. The van der Waals surface area contributed by atoms with Crippen LogP contribution < -0.4 is 11.2 Å². The van der Waals surface area contributed by atoms with E-state index in [1.165, 1.54) is 13.1 Å². The van der Waals surface area contributed by atoms with E-state index < -0.39 is 42.5 Å². The van der Waals surface area contributed by atoms with Crippen molar-refractivity contribution in [3.63, 3.8) is 0 Å². The molecule has 0 radical (unpaired) electrons. The number of rotatable bonds is 2. The third kappa shape index (κ3) is 1.98. The highest BCUT2D eigenvalue weighted by atomic mass is 19.1. The van der Waals surface area contributed by atoms with Crippen LogP contribution in [0, 0.1) is 6.92 Å². The number of hydrogen-bond donors (Lipinski definition) is 3. The molecule has 100 valence electrons. The van der Waals surface area contributed by atoms with E-state index in [-0.39, 0.29) is 5.56 Å². The van der Waals surface area contributed by atoms with Crippen LogP contribution in [0.5, 0.6) is 0 Å². The van der Waals surface area contributed by atoms with Crippen molar-refractivity contribution in [2.24, 2.45) is 0 Å². The molecule has 1 aliphatic heterocycles. The zero-order valence-corrected chi connectivity index (χ0v) is 9.54. The van der Waals surface area contributed by atoms with E-state index in [4.69, 9.17) is 9.84 Å². The zero-order chi connectivity index (χ0) is 13.4. The van der Waals surface area contributed by atoms with Gasteiger partial charge in [0, 0.05) is 11.8 Å². The first-order valence-electron chi connectivity index (χ1n) is 5.36. The fourth-order valence-corrected chi connectivity index (χ4v) is 1.86. The summed E-state index contributed by atoms with van der Waals surface area (Å²) in [6.07, 6.45) is -4.64. The summed E-state index contributed by atoms with van der Waals surface area (Å²) in [4.78, 5) is 24.8. The second kappa shape index (κ2) is 4.63. The highest BCUT2D eigenvalue weighted by Gasteiger charge is 2.45. The van der Waals surface area contributed by atoms with Crippen molar-refractivity contribution in [3.05, 3.63) is 32.6 Å². The SMILES string of the molecule is Cc1cn([C@@H]2O[C@@H](CO)[C@@H](F)[C@H]2O)c(=O)[nH]c1=O. The predicted molar refractivity (Wildman–Crippen MR) is 58.0 cm³/mol. The van der Waals surface area contributed by atoms with Gasteiger partial charge < -0.3 is 14.9 Å². The van der Waals surface area contributed by atoms with Crippen LogP contribution in [0.25, 0.3) is 0 Å². The molecular formula is C10H13FN2O5.